The van der Waals surface area contributed by atoms with Gasteiger partial charge in [-0.2, -0.15) is 5.10 Å². The van der Waals surface area contributed by atoms with E-state index >= 15 is 0 Å². The molecular weight excluding hydrogens is 255 g/mol. The summed E-state index contributed by atoms with van der Waals surface area (Å²) in [6, 6.07) is 0.0542. The van der Waals surface area contributed by atoms with Crippen molar-refractivity contribution in [1.82, 2.24) is 9.78 Å². The van der Waals surface area contributed by atoms with E-state index in [4.69, 9.17) is 0 Å². The molecule has 0 aliphatic rings. The minimum absolute atomic E-state index is 0.0542. The zero-order valence-corrected chi connectivity index (χ0v) is 8.69. The van der Waals surface area contributed by atoms with Crippen molar-refractivity contribution in [1.29, 1.82) is 0 Å². The van der Waals surface area contributed by atoms with E-state index in [1.165, 1.54) is 0 Å². The standard InChI is InChI=1S/C7H11IN2O/c1-5(6(2)11)10-4-7(8)3-9-10/h3-6,11H,1-2H3/t5-,6+/m1/s1. The van der Waals surface area contributed by atoms with Gasteiger partial charge in [-0.15, -0.1) is 0 Å². The Balaban J connectivity index is 2.76. The molecular formula is C7H11IN2O. The minimum atomic E-state index is -0.356. The number of nitrogens with zero attached hydrogens (tertiary/aromatic N) is 2. The highest BCUT2D eigenvalue weighted by Gasteiger charge is 2.10. The Kier molecular flexibility index (Phi) is 2.89. The second-order valence-corrected chi connectivity index (χ2v) is 3.87. The van der Waals surface area contributed by atoms with Gasteiger partial charge in [0, 0.05) is 6.20 Å². The van der Waals surface area contributed by atoms with Gasteiger partial charge in [-0.3, -0.25) is 4.68 Å². The molecule has 1 rings (SSSR count). The van der Waals surface area contributed by atoms with Crippen molar-refractivity contribution in [2.24, 2.45) is 0 Å². The largest absolute Gasteiger partial charge is 0.391 e. The third kappa shape index (κ3) is 2.16. The normalized spacial score (nSPS) is 16.4. The molecule has 0 bridgehead atoms. The van der Waals surface area contributed by atoms with Crippen molar-refractivity contribution in [3.05, 3.63) is 16.0 Å². The van der Waals surface area contributed by atoms with Crippen LogP contribution in [0.4, 0.5) is 0 Å². The smallest absolute Gasteiger partial charge is 0.0747 e. The maximum Gasteiger partial charge on any atom is 0.0747 e. The zero-order valence-electron chi connectivity index (χ0n) is 6.53. The molecule has 0 fully saturated rings. The second-order valence-electron chi connectivity index (χ2n) is 2.62. The van der Waals surface area contributed by atoms with Crippen LogP contribution < -0.4 is 0 Å². The first-order valence-corrected chi connectivity index (χ1v) is 4.57. The molecule has 0 saturated carbocycles. The van der Waals surface area contributed by atoms with Gasteiger partial charge >= 0.3 is 0 Å². The van der Waals surface area contributed by atoms with Crippen LogP contribution in [0.3, 0.4) is 0 Å². The molecule has 62 valence electrons. The summed E-state index contributed by atoms with van der Waals surface area (Å²) in [5.41, 5.74) is 0. The lowest BCUT2D eigenvalue weighted by molar-refractivity contribution is 0.132. The van der Waals surface area contributed by atoms with Crippen molar-refractivity contribution >= 4 is 22.6 Å². The van der Waals surface area contributed by atoms with E-state index in [0.29, 0.717) is 0 Å². The molecule has 1 aromatic rings. The lowest BCUT2D eigenvalue weighted by Gasteiger charge is -2.14. The Bertz CT molecular complexity index is 234. The van der Waals surface area contributed by atoms with Crippen LogP contribution in [0.1, 0.15) is 19.9 Å². The summed E-state index contributed by atoms with van der Waals surface area (Å²) in [5.74, 6) is 0. The van der Waals surface area contributed by atoms with E-state index < -0.39 is 0 Å². The molecule has 1 N–H and O–H groups in total. The first-order valence-electron chi connectivity index (χ1n) is 3.49. The summed E-state index contributed by atoms with van der Waals surface area (Å²) < 4.78 is 2.86. The fourth-order valence-electron chi connectivity index (χ4n) is 0.759. The summed E-state index contributed by atoms with van der Waals surface area (Å²) in [5, 5.41) is 13.3. The third-order valence-electron chi connectivity index (χ3n) is 1.69. The van der Waals surface area contributed by atoms with E-state index in [1.807, 2.05) is 13.1 Å². The maximum atomic E-state index is 9.22. The summed E-state index contributed by atoms with van der Waals surface area (Å²) >= 11 is 2.19. The quantitative estimate of drug-likeness (QED) is 0.822. The van der Waals surface area contributed by atoms with Gasteiger partial charge in [-0.1, -0.05) is 0 Å². The van der Waals surface area contributed by atoms with Crippen molar-refractivity contribution < 1.29 is 5.11 Å². The number of aromatic nitrogens is 2. The Morgan fingerprint density at radius 3 is 2.64 bits per heavy atom. The van der Waals surface area contributed by atoms with Crippen molar-refractivity contribution in [3.63, 3.8) is 0 Å². The van der Waals surface area contributed by atoms with Crippen LogP contribution in [-0.2, 0) is 0 Å². The highest BCUT2D eigenvalue weighted by atomic mass is 127. The van der Waals surface area contributed by atoms with Gasteiger partial charge in [0.2, 0.25) is 0 Å². The molecule has 2 atom stereocenters. The van der Waals surface area contributed by atoms with Gasteiger partial charge in [0.05, 0.1) is 21.9 Å². The molecule has 0 unspecified atom stereocenters. The van der Waals surface area contributed by atoms with Crippen molar-refractivity contribution in [2.75, 3.05) is 0 Å². The second kappa shape index (κ2) is 3.53. The van der Waals surface area contributed by atoms with Gasteiger partial charge in [-0.05, 0) is 36.4 Å². The molecule has 3 nitrogen and oxygen atoms in total. The molecule has 1 aromatic heterocycles. The highest BCUT2D eigenvalue weighted by molar-refractivity contribution is 14.1. The fraction of sp³-hybridized carbons (Fsp3) is 0.571. The van der Waals surface area contributed by atoms with Gasteiger partial charge in [0.25, 0.3) is 0 Å². The van der Waals surface area contributed by atoms with Crippen molar-refractivity contribution in [2.45, 2.75) is 26.0 Å². The van der Waals surface area contributed by atoms with Crippen LogP contribution in [0.25, 0.3) is 0 Å². The number of rotatable bonds is 2. The predicted molar refractivity (Wildman–Crippen MR) is 51.3 cm³/mol. The molecule has 0 aromatic carbocycles. The Morgan fingerprint density at radius 2 is 2.27 bits per heavy atom. The molecule has 0 saturated heterocycles. The van der Waals surface area contributed by atoms with E-state index in [-0.39, 0.29) is 12.1 Å². The van der Waals surface area contributed by atoms with E-state index in [2.05, 4.69) is 27.7 Å². The van der Waals surface area contributed by atoms with Crippen LogP contribution in [0, 0.1) is 3.57 Å². The number of aliphatic hydroxyl groups is 1. The van der Waals surface area contributed by atoms with Gasteiger partial charge in [0.15, 0.2) is 0 Å². The molecule has 0 radical (unpaired) electrons. The van der Waals surface area contributed by atoms with Crippen LogP contribution in [0.5, 0.6) is 0 Å². The average Bonchev–Trinajstić information content (AvgIpc) is 2.34. The molecule has 0 aliphatic heterocycles. The first-order chi connectivity index (χ1) is 5.11. The van der Waals surface area contributed by atoms with Gasteiger partial charge in [-0.25, -0.2) is 0 Å². The summed E-state index contributed by atoms with van der Waals surface area (Å²) in [6.45, 7) is 3.70. The average molecular weight is 266 g/mol. The molecule has 11 heavy (non-hydrogen) atoms. The van der Waals surface area contributed by atoms with Crippen molar-refractivity contribution in [3.8, 4) is 0 Å². The summed E-state index contributed by atoms with van der Waals surface area (Å²) in [4.78, 5) is 0. The third-order valence-corrected chi connectivity index (χ3v) is 2.24. The van der Waals surface area contributed by atoms with Gasteiger partial charge in [0.1, 0.15) is 0 Å². The Morgan fingerprint density at radius 1 is 1.64 bits per heavy atom. The minimum Gasteiger partial charge on any atom is -0.391 e. The lowest BCUT2D eigenvalue weighted by atomic mass is 10.2. The Labute approximate surface area is 79.6 Å². The highest BCUT2D eigenvalue weighted by Crippen LogP contribution is 2.11. The molecule has 0 spiro atoms. The summed E-state index contributed by atoms with van der Waals surface area (Å²) in [6.07, 6.45) is 3.34. The monoisotopic (exact) mass is 266 g/mol. The topological polar surface area (TPSA) is 38.0 Å². The first kappa shape index (κ1) is 8.99. The Hall–Kier alpha value is -0.100. The predicted octanol–water partition coefficient (Wildman–Crippen LogP) is 1.43. The SMILES string of the molecule is C[C@H](O)[C@@H](C)n1cc(I)cn1. The van der Waals surface area contributed by atoms with E-state index in [0.717, 1.165) is 3.57 Å². The number of hydrogen-bond donors (Lipinski definition) is 1. The van der Waals surface area contributed by atoms with E-state index in [9.17, 15) is 5.11 Å². The molecule has 1 heterocycles. The van der Waals surface area contributed by atoms with Crippen LogP contribution in [-0.4, -0.2) is 21.0 Å². The number of aliphatic hydroxyl groups excluding tert-OH is 1. The summed E-state index contributed by atoms with van der Waals surface area (Å²) in [7, 11) is 0. The molecule has 4 heteroatoms. The van der Waals surface area contributed by atoms with Crippen LogP contribution >= 0.6 is 22.6 Å². The number of hydrogen-bond acceptors (Lipinski definition) is 2. The van der Waals surface area contributed by atoms with Gasteiger partial charge < -0.3 is 5.11 Å². The maximum absolute atomic E-state index is 9.22. The van der Waals surface area contributed by atoms with Crippen LogP contribution in [0.15, 0.2) is 12.4 Å². The molecule has 0 aliphatic carbocycles. The zero-order chi connectivity index (χ0) is 8.43. The van der Waals surface area contributed by atoms with Crippen LogP contribution in [0.2, 0.25) is 0 Å². The fourth-order valence-corrected chi connectivity index (χ4v) is 1.17. The van der Waals surface area contributed by atoms with E-state index in [1.54, 1.807) is 17.8 Å². The molecule has 0 amide bonds. The lowest BCUT2D eigenvalue weighted by Crippen LogP contribution is -2.18. The number of halogens is 1.